The van der Waals surface area contributed by atoms with Crippen LogP contribution in [0, 0.1) is 0 Å². The van der Waals surface area contributed by atoms with Crippen molar-refractivity contribution < 1.29 is 9.53 Å². The van der Waals surface area contributed by atoms with E-state index in [2.05, 4.69) is 4.98 Å². The molecule has 4 nitrogen and oxygen atoms in total. The van der Waals surface area contributed by atoms with Gasteiger partial charge in [-0.1, -0.05) is 46.1 Å². The number of carbonyl (C=O) groups excluding carboxylic acids is 1. The van der Waals surface area contributed by atoms with Crippen molar-refractivity contribution in [3.63, 3.8) is 0 Å². The molecule has 2 aromatic carbocycles. The second kappa shape index (κ2) is 7.79. The van der Waals surface area contributed by atoms with Crippen LogP contribution in [-0.4, -0.2) is 24.0 Å². The summed E-state index contributed by atoms with van der Waals surface area (Å²) in [5, 5.41) is 2.10. The van der Waals surface area contributed by atoms with Crippen LogP contribution in [0.2, 0.25) is 15.1 Å². The van der Waals surface area contributed by atoms with Crippen molar-refractivity contribution in [1.82, 2.24) is 4.98 Å². The number of aromatic nitrogens is 1. The number of amides is 1. The molecule has 0 spiro atoms. The fourth-order valence-electron chi connectivity index (χ4n) is 2.23. The maximum absolute atomic E-state index is 12.6. The van der Waals surface area contributed by atoms with Crippen molar-refractivity contribution in [2.24, 2.45) is 0 Å². The quantitative estimate of drug-likeness (QED) is 0.537. The number of fused-ring (bicyclic) bond motifs is 1. The van der Waals surface area contributed by atoms with E-state index >= 15 is 0 Å². The SMILES string of the molecule is CCN(C(=O)COc1cc(Cl)ccc1Cl)c1nc2cc(Cl)ccc2s1. The van der Waals surface area contributed by atoms with E-state index in [9.17, 15) is 4.79 Å². The fraction of sp³-hybridized carbons (Fsp3) is 0.176. The Bertz CT molecular complexity index is 929. The highest BCUT2D eigenvalue weighted by Gasteiger charge is 2.19. The van der Waals surface area contributed by atoms with Crippen molar-refractivity contribution in [2.45, 2.75) is 6.92 Å². The van der Waals surface area contributed by atoms with Gasteiger partial charge in [0, 0.05) is 22.7 Å². The van der Waals surface area contributed by atoms with Gasteiger partial charge < -0.3 is 4.74 Å². The van der Waals surface area contributed by atoms with Crippen LogP contribution in [0.5, 0.6) is 5.75 Å². The number of hydrogen-bond donors (Lipinski definition) is 0. The smallest absolute Gasteiger partial charge is 0.266 e. The van der Waals surface area contributed by atoms with Crippen LogP contribution < -0.4 is 9.64 Å². The second-order valence-corrected chi connectivity index (χ2v) is 7.40. The highest BCUT2D eigenvalue weighted by atomic mass is 35.5. The fourth-order valence-corrected chi connectivity index (χ4v) is 3.75. The van der Waals surface area contributed by atoms with Gasteiger partial charge in [0.05, 0.1) is 15.2 Å². The topological polar surface area (TPSA) is 42.4 Å². The van der Waals surface area contributed by atoms with E-state index in [4.69, 9.17) is 39.5 Å². The maximum Gasteiger partial charge on any atom is 0.266 e. The maximum atomic E-state index is 12.6. The number of anilines is 1. The lowest BCUT2D eigenvalue weighted by atomic mass is 10.3. The lowest BCUT2D eigenvalue weighted by molar-refractivity contribution is -0.120. The van der Waals surface area contributed by atoms with Gasteiger partial charge in [0.2, 0.25) is 0 Å². The molecule has 0 unspecified atom stereocenters. The molecule has 1 aromatic heterocycles. The first-order valence-corrected chi connectivity index (χ1v) is 9.37. The van der Waals surface area contributed by atoms with Crippen molar-refractivity contribution in [3.8, 4) is 5.75 Å². The number of ether oxygens (including phenoxy) is 1. The molecular weight excluding hydrogens is 403 g/mol. The second-order valence-electron chi connectivity index (χ2n) is 5.11. The normalized spacial score (nSPS) is 10.9. The van der Waals surface area contributed by atoms with Gasteiger partial charge in [-0.3, -0.25) is 9.69 Å². The summed E-state index contributed by atoms with van der Waals surface area (Å²) in [5.41, 5.74) is 0.762. The van der Waals surface area contributed by atoms with E-state index in [0.717, 1.165) is 10.2 Å². The number of likely N-dealkylation sites (N-methyl/N-ethyl adjacent to an activating group) is 1. The van der Waals surface area contributed by atoms with E-state index in [1.54, 1.807) is 35.2 Å². The van der Waals surface area contributed by atoms with E-state index in [1.165, 1.54) is 11.3 Å². The molecule has 0 saturated heterocycles. The minimum atomic E-state index is -0.219. The Morgan fingerprint density at radius 2 is 1.88 bits per heavy atom. The van der Waals surface area contributed by atoms with Crippen LogP contribution in [0.15, 0.2) is 36.4 Å². The zero-order valence-electron chi connectivity index (χ0n) is 13.1. The van der Waals surface area contributed by atoms with Crippen LogP contribution >= 0.6 is 46.1 Å². The predicted molar refractivity (Wildman–Crippen MR) is 105 cm³/mol. The highest BCUT2D eigenvalue weighted by Crippen LogP contribution is 2.31. The molecule has 1 amide bonds. The minimum absolute atomic E-state index is 0.162. The van der Waals surface area contributed by atoms with E-state index in [1.807, 2.05) is 13.0 Å². The monoisotopic (exact) mass is 414 g/mol. The van der Waals surface area contributed by atoms with Crippen molar-refractivity contribution >= 4 is 67.4 Å². The Kier molecular flexibility index (Phi) is 5.69. The van der Waals surface area contributed by atoms with Gasteiger partial charge in [-0.15, -0.1) is 0 Å². The van der Waals surface area contributed by atoms with Gasteiger partial charge in [-0.25, -0.2) is 4.98 Å². The third-order valence-corrected chi connectivity index (χ3v) is 5.27. The molecule has 0 bridgehead atoms. The summed E-state index contributed by atoms with van der Waals surface area (Å²) in [6, 6.07) is 10.3. The summed E-state index contributed by atoms with van der Waals surface area (Å²) in [5.74, 6) is 0.151. The van der Waals surface area contributed by atoms with Gasteiger partial charge in [-0.05, 0) is 37.3 Å². The lowest BCUT2D eigenvalue weighted by Crippen LogP contribution is -2.34. The third-order valence-electron chi connectivity index (χ3n) is 3.43. The van der Waals surface area contributed by atoms with Crippen LogP contribution in [0.25, 0.3) is 10.2 Å². The first-order chi connectivity index (χ1) is 12.0. The molecule has 0 N–H and O–H groups in total. The van der Waals surface area contributed by atoms with E-state index in [0.29, 0.717) is 32.5 Å². The van der Waals surface area contributed by atoms with Crippen LogP contribution in [0.1, 0.15) is 6.92 Å². The molecule has 0 radical (unpaired) electrons. The van der Waals surface area contributed by atoms with Crippen molar-refractivity contribution in [2.75, 3.05) is 18.1 Å². The van der Waals surface area contributed by atoms with Crippen LogP contribution in [0.4, 0.5) is 5.13 Å². The molecule has 0 aliphatic heterocycles. The van der Waals surface area contributed by atoms with Gasteiger partial charge in [-0.2, -0.15) is 0 Å². The van der Waals surface area contributed by atoms with Crippen LogP contribution in [-0.2, 0) is 4.79 Å². The minimum Gasteiger partial charge on any atom is -0.482 e. The molecular formula is C17H13Cl3N2O2S. The number of carbonyl (C=O) groups is 1. The summed E-state index contributed by atoms with van der Waals surface area (Å²) < 4.78 is 6.49. The lowest BCUT2D eigenvalue weighted by Gasteiger charge is -2.18. The highest BCUT2D eigenvalue weighted by molar-refractivity contribution is 7.22. The molecule has 0 saturated carbocycles. The number of hydrogen-bond acceptors (Lipinski definition) is 4. The zero-order chi connectivity index (χ0) is 18.0. The first kappa shape index (κ1) is 18.3. The van der Waals surface area contributed by atoms with E-state index < -0.39 is 0 Å². The van der Waals surface area contributed by atoms with Gasteiger partial charge >= 0.3 is 0 Å². The van der Waals surface area contributed by atoms with Crippen LogP contribution in [0.3, 0.4) is 0 Å². The molecule has 130 valence electrons. The Balaban J connectivity index is 1.77. The molecule has 0 fully saturated rings. The first-order valence-electron chi connectivity index (χ1n) is 7.42. The van der Waals surface area contributed by atoms with Crippen molar-refractivity contribution in [3.05, 3.63) is 51.5 Å². The van der Waals surface area contributed by atoms with Gasteiger partial charge in [0.15, 0.2) is 11.7 Å². The summed E-state index contributed by atoms with van der Waals surface area (Å²) in [6.45, 7) is 2.19. The Labute approximate surface area is 163 Å². The Morgan fingerprint density at radius 1 is 1.16 bits per heavy atom. The standard InChI is InChI=1S/C17H13Cl3N2O2S/c1-2-22(17-21-13-7-10(18)4-6-15(13)25-17)16(23)9-24-14-8-11(19)3-5-12(14)20/h3-8H,2,9H2,1H3. The zero-order valence-corrected chi connectivity index (χ0v) is 16.2. The number of thiazole rings is 1. The molecule has 25 heavy (non-hydrogen) atoms. The number of rotatable bonds is 5. The molecule has 0 atom stereocenters. The Hall–Kier alpha value is -1.53. The number of benzene rings is 2. The average Bonchev–Trinajstić information content (AvgIpc) is 2.99. The molecule has 3 aromatic rings. The van der Waals surface area contributed by atoms with E-state index in [-0.39, 0.29) is 12.5 Å². The summed E-state index contributed by atoms with van der Waals surface area (Å²) in [7, 11) is 0. The van der Waals surface area contributed by atoms with Crippen molar-refractivity contribution in [1.29, 1.82) is 0 Å². The summed E-state index contributed by atoms with van der Waals surface area (Å²) >= 11 is 19.4. The largest absolute Gasteiger partial charge is 0.482 e. The molecule has 0 aliphatic rings. The molecule has 1 heterocycles. The Morgan fingerprint density at radius 3 is 2.64 bits per heavy atom. The number of halogens is 3. The molecule has 0 aliphatic carbocycles. The molecule has 8 heteroatoms. The summed E-state index contributed by atoms with van der Waals surface area (Å²) in [6.07, 6.45) is 0. The predicted octanol–water partition coefficient (Wildman–Crippen LogP) is 5.69. The average molecular weight is 416 g/mol. The molecule has 3 rings (SSSR count). The van der Waals surface area contributed by atoms with Gasteiger partial charge in [0.25, 0.3) is 5.91 Å². The van der Waals surface area contributed by atoms with Gasteiger partial charge in [0.1, 0.15) is 5.75 Å². The summed E-state index contributed by atoms with van der Waals surface area (Å²) in [4.78, 5) is 18.6. The number of nitrogens with zero attached hydrogens (tertiary/aromatic N) is 2. The third kappa shape index (κ3) is 4.18.